The number of aromatic amines is 1. The molecule has 0 aliphatic carbocycles. The Hall–Kier alpha value is -2.76. The summed E-state index contributed by atoms with van der Waals surface area (Å²) >= 11 is 0. The summed E-state index contributed by atoms with van der Waals surface area (Å²) in [6, 6.07) is 18.2. The lowest BCUT2D eigenvalue weighted by Gasteiger charge is -2.17. The molecule has 2 heterocycles. The van der Waals surface area contributed by atoms with Gasteiger partial charge in [-0.25, -0.2) is 9.97 Å². The summed E-state index contributed by atoms with van der Waals surface area (Å²) in [6.07, 6.45) is 0.847. The van der Waals surface area contributed by atoms with Gasteiger partial charge in [-0.15, -0.1) is 0 Å². The van der Waals surface area contributed by atoms with Gasteiger partial charge in [0.15, 0.2) is 5.82 Å². The largest absolute Gasteiger partial charge is 0.352 e. The van der Waals surface area contributed by atoms with Crippen LogP contribution in [0.4, 0.5) is 0 Å². The zero-order valence-corrected chi connectivity index (χ0v) is 15.1. The number of benzene rings is 2. The molecule has 4 rings (SSSR count). The minimum absolute atomic E-state index is 0.131. The third-order valence-corrected chi connectivity index (χ3v) is 4.64. The fraction of sp³-hybridized carbons (Fsp3) is 0.238. The Balaban J connectivity index is 1.82. The van der Waals surface area contributed by atoms with Gasteiger partial charge < -0.3 is 15.6 Å². The van der Waals surface area contributed by atoms with E-state index in [0.717, 1.165) is 46.2 Å². The van der Waals surface area contributed by atoms with E-state index in [1.165, 1.54) is 0 Å². The molecule has 0 radical (unpaired) electrons. The van der Waals surface area contributed by atoms with E-state index in [1.807, 2.05) is 30.3 Å². The Morgan fingerprint density at radius 2 is 1.81 bits per heavy atom. The molecular formula is C21H23N5. The van der Waals surface area contributed by atoms with Crippen LogP contribution in [0.15, 0.2) is 54.6 Å². The van der Waals surface area contributed by atoms with Crippen molar-refractivity contribution in [1.82, 2.24) is 19.9 Å². The molecule has 0 fully saturated rings. The highest BCUT2D eigenvalue weighted by Crippen LogP contribution is 2.27. The summed E-state index contributed by atoms with van der Waals surface area (Å²) in [4.78, 5) is 15.2. The summed E-state index contributed by atoms with van der Waals surface area (Å²) in [5.74, 6) is 0.690. The number of H-pyrrole nitrogens is 1. The summed E-state index contributed by atoms with van der Waals surface area (Å²) in [6.45, 7) is 0.918. The van der Waals surface area contributed by atoms with Crippen molar-refractivity contribution in [3.63, 3.8) is 0 Å². The molecule has 1 unspecified atom stereocenters. The SMILES string of the molecule is CN(C)CCC(N)c1nc(-c2cc3ccccc3[nH]2)nc2ccccc12. The molecule has 1 atom stereocenters. The Morgan fingerprint density at radius 3 is 2.62 bits per heavy atom. The fourth-order valence-electron chi connectivity index (χ4n) is 3.23. The van der Waals surface area contributed by atoms with Crippen LogP contribution in [0.1, 0.15) is 18.2 Å². The molecule has 2 aromatic carbocycles. The number of hydrogen-bond donors (Lipinski definition) is 2. The number of nitrogens with one attached hydrogen (secondary N) is 1. The first-order valence-corrected chi connectivity index (χ1v) is 8.87. The molecule has 5 heteroatoms. The molecule has 0 bridgehead atoms. The molecule has 0 saturated heterocycles. The Morgan fingerprint density at radius 1 is 1.04 bits per heavy atom. The van der Waals surface area contributed by atoms with Crippen LogP contribution in [0.2, 0.25) is 0 Å². The summed E-state index contributed by atoms with van der Waals surface area (Å²) in [5.41, 5.74) is 10.3. The highest BCUT2D eigenvalue weighted by atomic mass is 15.1. The third-order valence-electron chi connectivity index (χ3n) is 4.64. The summed E-state index contributed by atoms with van der Waals surface area (Å²) < 4.78 is 0. The predicted octanol–water partition coefficient (Wildman–Crippen LogP) is 3.73. The third kappa shape index (κ3) is 3.19. The molecule has 0 spiro atoms. The Bertz CT molecular complexity index is 1020. The van der Waals surface area contributed by atoms with Gasteiger partial charge in [-0.05, 0) is 45.3 Å². The van der Waals surface area contributed by atoms with E-state index in [-0.39, 0.29) is 6.04 Å². The molecule has 4 aromatic rings. The van der Waals surface area contributed by atoms with Gasteiger partial charge in [0.2, 0.25) is 0 Å². The number of aromatic nitrogens is 3. The quantitative estimate of drug-likeness (QED) is 0.578. The van der Waals surface area contributed by atoms with Crippen molar-refractivity contribution in [3.8, 4) is 11.5 Å². The average molecular weight is 345 g/mol. The lowest BCUT2D eigenvalue weighted by Crippen LogP contribution is -2.21. The smallest absolute Gasteiger partial charge is 0.176 e. The molecule has 132 valence electrons. The lowest BCUT2D eigenvalue weighted by atomic mass is 10.0. The highest BCUT2D eigenvalue weighted by Gasteiger charge is 2.16. The van der Waals surface area contributed by atoms with Crippen molar-refractivity contribution in [2.45, 2.75) is 12.5 Å². The standard InChI is InChI=1S/C21H23N5/c1-26(2)12-11-16(22)20-15-8-4-6-10-18(15)24-21(25-20)19-13-14-7-3-5-9-17(14)23-19/h3-10,13,16,23H,11-12,22H2,1-2H3. The van der Waals surface area contributed by atoms with E-state index in [1.54, 1.807) is 0 Å². The first-order chi connectivity index (χ1) is 12.6. The monoisotopic (exact) mass is 345 g/mol. The maximum absolute atomic E-state index is 6.50. The van der Waals surface area contributed by atoms with Crippen molar-refractivity contribution in [2.24, 2.45) is 5.73 Å². The number of fused-ring (bicyclic) bond motifs is 2. The van der Waals surface area contributed by atoms with Crippen molar-refractivity contribution < 1.29 is 0 Å². The molecule has 26 heavy (non-hydrogen) atoms. The van der Waals surface area contributed by atoms with Gasteiger partial charge in [0.25, 0.3) is 0 Å². The molecule has 0 saturated carbocycles. The average Bonchev–Trinajstić information content (AvgIpc) is 3.09. The molecule has 3 N–H and O–H groups in total. The second-order valence-corrected chi connectivity index (χ2v) is 6.92. The maximum atomic E-state index is 6.50. The molecule has 0 aliphatic rings. The number of nitrogens with two attached hydrogens (primary N) is 1. The van der Waals surface area contributed by atoms with E-state index in [9.17, 15) is 0 Å². The minimum Gasteiger partial charge on any atom is -0.352 e. The van der Waals surface area contributed by atoms with Crippen molar-refractivity contribution >= 4 is 21.8 Å². The van der Waals surface area contributed by atoms with Gasteiger partial charge in [0, 0.05) is 22.3 Å². The van der Waals surface area contributed by atoms with E-state index >= 15 is 0 Å². The predicted molar refractivity (Wildman–Crippen MR) is 107 cm³/mol. The van der Waals surface area contributed by atoms with Crippen molar-refractivity contribution in [1.29, 1.82) is 0 Å². The van der Waals surface area contributed by atoms with E-state index in [0.29, 0.717) is 5.82 Å². The van der Waals surface area contributed by atoms with Crippen LogP contribution < -0.4 is 5.73 Å². The van der Waals surface area contributed by atoms with Crippen molar-refractivity contribution in [3.05, 3.63) is 60.3 Å². The van der Waals surface area contributed by atoms with Crippen molar-refractivity contribution in [2.75, 3.05) is 20.6 Å². The van der Waals surface area contributed by atoms with Gasteiger partial charge >= 0.3 is 0 Å². The fourth-order valence-corrected chi connectivity index (χ4v) is 3.23. The molecule has 0 amide bonds. The number of para-hydroxylation sites is 2. The van der Waals surface area contributed by atoms with Crippen LogP contribution in [0.3, 0.4) is 0 Å². The maximum Gasteiger partial charge on any atom is 0.176 e. The van der Waals surface area contributed by atoms with Gasteiger partial charge in [0.1, 0.15) is 0 Å². The van der Waals surface area contributed by atoms with E-state index in [4.69, 9.17) is 15.7 Å². The van der Waals surface area contributed by atoms with Crippen LogP contribution >= 0.6 is 0 Å². The normalized spacial score (nSPS) is 12.9. The summed E-state index contributed by atoms with van der Waals surface area (Å²) in [5, 5.41) is 2.18. The number of nitrogens with zero attached hydrogens (tertiary/aromatic N) is 3. The molecule has 2 aromatic heterocycles. The van der Waals surface area contributed by atoms with Gasteiger partial charge in [-0.3, -0.25) is 0 Å². The first kappa shape index (κ1) is 16.7. The van der Waals surface area contributed by atoms with E-state index in [2.05, 4.69) is 48.2 Å². The van der Waals surface area contributed by atoms with Crippen LogP contribution in [0.25, 0.3) is 33.3 Å². The van der Waals surface area contributed by atoms with Crippen LogP contribution in [0.5, 0.6) is 0 Å². The number of rotatable bonds is 5. The van der Waals surface area contributed by atoms with Gasteiger partial charge in [-0.2, -0.15) is 0 Å². The Labute approximate surface area is 152 Å². The topological polar surface area (TPSA) is 70.8 Å². The van der Waals surface area contributed by atoms with Gasteiger partial charge in [-0.1, -0.05) is 36.4 Å². The minimum atomic E-state index is -0.131. The van der Waals surface area contributed by atoms with Crippen LogP contribution in [-0.2, 0) is 0 Å². The number of hydrogen-bond acceptors (Lipinski definition) is 4. The van der Waals surface area contributed by atoms with E-state index < -0.39 is 0 Å². The first-order valence-electron chi connectivity index (χ1n) is 8.87. The molecule has 0 aliphatic heterocycles. The van der Waals surface area contributed by atoms with Crippen LogP contribution in [-0.4, -0.2) is 40.5 Å². The van der Waals surface area contributed by atoms with Gasteiger partial charge in [0.05, 0.1) is 16.9 Å². The summed E-state index contributed by atoms with van der Waals surface area (Å²) in [7, 11) is 4.11. The Kier molecular flexibility index (Phi) is 4.41. The zero-order chi connectivity index (χ0) is 18.1. The second kappa shape index (κ2) is 6.86. The second-order valence-electron chi connectivity index (χ2n) is 6.92. The lowest BCUT2D eigenvalue weighted by molar-refractivity contribution is 0.381. The molecular weight excluding hydrogens is 322 g/mol. The molecule has 5 nitrogen and oxygen atoms in total. The zero-order valence-electron chi connectivity index (χ0n) is 15.1. The highest BCUT2D eigenvalue weighted by molar-refractivity contribution is 5.87. The van der Waals surface area contributed by atoms with Crippen LogP contribution in [0, 0.1) is 0 Å².